The van der Waals surface area contributed by atoms with Gasteiger partial charge in [0.05, 0.1) is 0 Å². The first-order valence-corrected chi connectivity index (χ1v) is 6.19. The molecule has 0 spiro atoms. The molecule has 0 saturated heterocycles. The highest BCUT2D eigenvalue weighted by atomic mass is 79.9. The van der Waals surface area contributed by atoms with Gasteiger partial charge in [-0.2, -0.15) is 0 Å². The van der Waals surface area contributed by atoms with Crippen LogP contribution in [0.3, 0.4) is 0 Å². The first-order valence-electron chi connectivity index (χ1n) is 5.39. The fraction of sp³-hybridized carbons (Fsp3) is 0.500. The minimum atomic E-state index is -0.595. The zero-order chi connectivity index (χ0) is 12.3. The number of aromatic hydroxyl groups is 1. The van der Waals surface area contributed by atoms with Crippen LogP contribution in [0.4, 0.5) is 4.39 Å². The smallest absolute Gasteiger partial charge is 0.166 e. The lowest BCUT2D eigenvalue weighted by atomic mass is 10.1. The van der Waals surface area contributed by atoms with Crippen LogP contribution in [-0.2, 0) is 0 Å². The van der Waals surface area contributed by atoms with Crippen molar-refractivity contribution in [2.24, 2.45) is 0 Å². The van der Waals surface area contributed by atoms with Crippen molar-refractivity contribution >= 4 is 15.9 Å². The molecule has 1 aromatic rings. The Labute approximate surface area is 104 Å². The molecule has 0 aliphatic heterocycles. The molecule has 0 saturated carbocycles. The quantitative estimate of drug-likeness (QED) is 0.885. The SMILES string of the molecule is CCC(C)NC(C)c1cc(Br)cc(F)c1O. The fourth-order valence-electron chi connectivity index (χ4n) is 1.55. The number of rotatable bonds is 4. The Kier molecular flexibility index (Phi) is 4.74. The van der Waals surface area contributed by atoms with Crippen LogP contribution in [0, 0.1) is 5.82 Å². The molecule has 2 unspecified atom stereocenters. The summed E-state index contributed by atoms with van der Waals surface area (Å²) < 4.78 is 13.9. The molecule has 0 aromatic heterocycles. The lowest BCUT2D eigenvalue weighted by Gasteiger charge is -2.20. The largest absolute Gasteiger partial charge is 0.505 e. The average molecular weight is 290 g/mol. The minimum absolute atomic E-state index is 0.0815. The highest BCUT2D eigenvalue weighted by Gasteiger charge is 2.16. The number of phenols is 1. The van der Waals surface area contributed by atoms with Crippen molar-refractivity contribution in [3.8, 4) is 5.75 Å². The Morgan fingerprint density at radius 1 is 1.44 bits per heavy atom. The van der Waals surface area contributed by atoms with Gasteiger partial charge >= 0.3 is 0 Å². The molecule has 16 heavy (non-hydrogen) atoms. The summed E-state index contributed by atoms with van der Waals surface area (Å²) in [4.78, 5) is 0. The van der Waals surface area contributed by atoms with Crippen LogP contribution in [0.2, 0.25) is 0 Å². The van der Waals surface area contributed by atoms with Gasteiger partial charge in [0.25, 0.3) is 0 Å². The van der Waals surface area contributed by atoms with Gasteiger partial charge in [-0.25, -0.2) is 4.39 Å². The van der Waals surface area contributed by atoms with Crippen molar-refractivity contribution in [2.45, 2.75) is 39.3 Å². The molecule has 2 N–H and O–H groups in total. The molecular formula is C12H17BrFNO. The summed E-state index contributed by atoms with van der Waals surface area (Å²) in [7, 11) is 0. The Bertz CT molecular complexity index is 370. The van der Waals surface area contributed by atoms with Gasteiger partial charge in [-0.1, -0.05) is 22.9 Å². The van der Waals surface area contributed by atoms with Crippen LogP contribution < -0.4 is 5.32 Å². The molecule has 4 heteroatoms. The predicted molar refractivity (Wildman–Crippen MR) is 67.1 cm³/mol. The molecule has 0 fully saturated rings. The van der Waals surface area contributed by atoms with Gasteiger partial charge in [0.15, 0.2) is 11.6 Å². The average Bonchev–Trinajstić information content (AvgIpc) is 2.22. The van der Waals surface area contributed by atoms with Gasteiger partial charge in [0, 0.05) is 22.1 Å². The van der Waals surface area contributed by atoms with E-state index in [1.807, 2.05) is 6.92 Å². The summed E-state index contributed by atoms with van der Waals surface area (Å²) in [6.07, 6.45) is 0.988. The molecule has 0 radical (unpaired) electrons. The molecule has 0 aliphatic carbocycles. The second-order valence-electron chi connectivity index (χ2n) is 4.02. The normalized spacial score (nSPS) is 14.8. The molecule has 2 atom stereocenters. The van der Waals surface area contributed by atoms with Crippen LogP contribution in [-0.4, -0.2) is 11.1 Å². The van der Waals surface area contributed by atoms with Crippen molar-refractivity contribution in [1.29, 1.82) is 0 Å². The van der Waals surface area contributed by atoms with Crippen molar-refractivity contribution in [3.63, 3.8) is 0 Å². The van der Waals surface area contributed by atoms with E-state index in [2.05, 4.69) is 35.1 Å². The van der Waals surface area contributed by atoms with Gasteiger partial charge in [0.2, 0.25) is 0 Å². The zero-order valence-electron chi connectivity index (χ0n) is 9.72. The van der Waals surface area contributed by atoms with Crippen molar-refractivity contribution in [1.82, 2.24) is 5.32 Å². The molecular weight excluding hydrogens is 273 g/mol. The number of nitrogens with one attached hydrogen (secondary N) is 1. The van der Waals surface area contributed by atoms with Crippen molar-refractivity contribution in [3.05, 3.63) is 28.0 Å². The van der Waals surface area contributed by atoms with E-state index in [9.17, 15) is 9.50 Å². The third-order valence-electron chi connectivity index (χ3n) is 2.67. The monoisotopic (exact) mass is 289 g/mol. The van der Waals surface area contributed by atoms with Crippen LogP contribution in [0.5, 0.6) is 5.75 Å². The maximum atomic E-state index is 13.3. The first kappa shape index (κ1) is 13.5. The maximum Gasteiger partial charge on any atom is 0.166 e. The summed E-state index contributed by atoms with van der Waals surface area (Å²) in [5.74, 6) is -0.867. The second kappa shape index (κ2) is 5.64. The highest BCUT2D eigenvalue weighted by Crippen LogP contribution is 2.30. The van der Waals surface area contributed by atoms with E-state index in [-0.39, 0.29) is 11.8 Å². The molecule has 1 aromatic carbocycles. The second-order valence-corrected chi connectivity index (χ2v) is 4.94. The maximum absolute atomic E-state index is 13.3. The number of halogens is 2. The Balaban J connectivity index is 2.94. The third-order valence-corrected chi connectivity index (χ3v) is 3.13. The van der Waals surface area contributed by atoms with Gasteiger partial charge in [0.1, 0.15) is 0 Å². The molecule has 0 bridgehead atoms. The number of hydrogen-bond acceptors (Lipinski definition) is 2. The summed E-state index contributed by atoms with van der Waals surface area (Å²) in [6.45, 7) is 6.04. The lowest BCUT2D eigenvalue weighted by Crippen LogP contribution is -2.28. The minimum Gasteiger partial charge on any atom is -0.505 e. The number of benzene rings is 1. The van der Waals surface area contributed by atoms with Gasteiger partial charge in [-0.15, -0.1) is 0 Å². The molecule has 1 rings (SSSR count). The molecule has 0 aliphatic rings. The Morgan fingerprint density at radius 3 is 2.62 bits per heavy atom. The van der Waals surface area contributed by atoms with Gasteiger partial charge in [-0.05, 0) is 32.4 Å². The van der Waals surface area contributed by atoms with E-state index in [1.165, 1.54) is 6.07 Å². The van der Waals surface area contributed by atoms with Crippen LogP contribution >= 0.6 is 15.9 Å². The van der Waals surface area contributed by atoms with Crippen molar-refractivity contribution in [2.75, 3.05) is 0 Å². The Morgan fingerprint density at radius 2 is 2.06 bits per heavy atom. The van der Waals surface area contributed by atoms with Crippen molar-refractivity contribution < 1.29 is 9.50 Å². The summed E-state index contributed by atoms with van der Waals surface area (Å²) >= 11 is 3.22. The van der Waals surface area contributed by atoms with E-state index in [0.29, 0.717) is 16.1 Å². The standard InChI is InChI=1S/C12H17BrFNO/c1-4-7(2)15-8(3)10-5-9(13)6-11(14)12(10)16/h5-8,15-16H,4H2,1-3H3. The topological polar surface area (TPSA) is 32.3 Å². The lowest BCUT2D eigenvalue weighted by molar-refractivity contribution is 0.403. The number of hydrogen-bond donors (Lipinski definition) is 2. The van der Waals surface area contributed by atoms with Gasteiger partial charge in [-0.3, -0.25) is 0 Å². The molecule has 2 nitrogen and oxygen atoms in total. The highest BCUT2D eigenvalue weighted by molar-refractivity contribution is 9.10. The van der Waals surface area contributed by atoms with E-state index in [1.54, 1.807) is 6.07 Å². The molecule has 0 heterocycles. The van der Waals surface area contributed by atoms with Crippen LogP contribution in [0.15, 0.2) is 16.6 Å². The Hall–Kier alpha value is -0.610. The van der Waals surface area contributed by atoms with E-state index in [0.717, 1.165) is 6.42 Å². The van der Waals surface area contributed by atoms with Crippen LogP contribution in [0.1, 0.15) is 38.8 Å². The molecule has 0 amide bonds. The zero-order valence-corrected chi connectivity index (χ0v) is 11.3. The fourth-order valence-corrected chi connectivity index (χ4v) is 2.00. The van der Waals surface area contributed by atoms with E-state index < -0.39 is 5.82 Å². The first-order chi connectivity index (χ1) is 7.45. The van der Waals surface area contributed by atoms with E-state index >= 15 is 0 Å². The predicted octanol–water partition coefficient (Wildman–Crippen LogP) is 3.74. The van der Waals surface area contributed by atoms with E-state index in [4.69, 9.17) is 0 Å². The number of phenolic OH excluding ortho intramolecular Hbond substituents is 1. The molecule has 90 valence electrons. The summed E-state index contributed by atoms with van der Waals surface area (Å²) in [6, 6.07) is 3.24. The van der Waals surface area contributed by atoms with Gasteiger partial charge < -0.3 is 10.4 Å². The summed E-state index contributed by atoms with van der Waals surface area (Å²) in [5.41, 5.74) is 0.576. The van der Waals surface area contributed by atoms with Crippen LogP contribution in [0.25, 0.3) is 0 Å². The third kappa shape index (κ3) is 3.19. The summed E-state index contributed by atoms with van der Waals surface area (Å²) in [5, 5.41) is 12.9.